The number of aliphatic hydroxyl groups excluding tert-OH is 1. The van der Waals surface area contributed by atoms with Gasteiger partial charge in [-0.15, -0.1) is 0 Å². The molecule has 0 spiro atoms. The second kappa shape index (κ2) is 6.49. The van der Waals surface area contributed by atoms with Gasteiger partial charge in [0.25, 0.3) is 0 Å². The summed E-state index contributed by atoms with van der Waals surface area (Å²) in [5.74, 6) is -0.729. The molecule has 1 atom stereocenters. The molecule has 0 radical (unpaired) electrons. The lowest BCUT2D eigenvalue weighted by Crippen LogP contribution is -2.24. The Morgan fingerprint density at radius 1 is 1.52 bits per heavy atom. The van der Waals surface area contributed by atoms with Crippen LogP contribution in [0.2, 0.25) is 0 Å². The first-order valence-electron chi connectivity index (χ1n) is 6.65. The smallest absolute Gasteiger partial charge is 0.223 e. The van der Waals surface area contributed by atoms with Crippen molar-refractivity contribution in [1.29, 1.82) is 0 Å². The van der Waals surface area contributed by atoms with Crippen molar-refractivity contribution in [3.05, 3.63) is 53.1 Å². The van der Waals surface area contributed by atoms with Gasteiger partial charge in [0.15, 0.2) is 0 Å². The minimum absolute atomic E-state index is 0.108. The van der Waals surface area contributed by atoms with Crippen molar-refractivity contribution in [2.24, 2.45) is 7.05 Å². The molecule has 6 heteroatoms. The van der Waals surface area contributed by atoms with Gasteiger partial charge in [0.1, 0.15) is 5.82 Å². The standard InChI is InChI=1S/C15H18FN3O2/c1-10-12(9-18-19(10)2)8-17-15(21)7-14(20)11-4-3-5-13(16)6-11/h3-6,9,14,20H,7-8H2,1-2H3,(H,17,21). The molecule has 1 amide bonds. The van der Waals surface area contributed by atoms with Gasteiger partial charge in [-0.2, -0.15) is 5.10 Å². The fourth-order valence-corrected chi connectivity index (χ4v) is 1.99. The van der Waals surface area contributed by atoms with Crippen LogP contribution in [0, 0.1) is 12.7 Å². The van der Waals surface area contributed by atoms with Crippen molar-refractivity contribution < 1.29 is 14.3 Å². The molecule has 1 aromatic carbocycles. The van der Waals surface area contributed by atoms with Gasteiger partial charge in [0.2, 0.25) is 5.91 Å². The molecule has 0 aliphatic heterocycles. The Bertz CT molecular complexity index is 640. The van der Waals surface area contributed by atoms with E-state index in [2.05, 4.69) is 10.4 Å². The van der Waals surface area contributed by atoms with E-state index in [-0.39, 0.29) is 12.3 Å². The number of hydrogen-bond donors (Lipinski definition) is 2. The molecule has 0 bridgehead atoms. The molecular formula is C15H18FN3O2. The first-order valence-corrected chi connectivity index (χ1v) is 6.65. The summed E-state index contributed by atoms with van der Waals surface area (Å²) in [6.07, 6.45) is 0.567. The Hall–Kier alpha value is -2.21. The molecular weight excluding hydrogens is 273 g/mol. The zero-order chi connectivity index (χ0) is 15.4. The summed E-state index contributed by atoms with van der Waals surface area (Å²) in [5.41, 5.74) is 2.29. The lowest BCUT2D eigenvalue weighted by atomic mass is 10.1. The van der Waals surface area contributed by atoms with Crippen molar-refractivity contribution in [2.75, 3.05) is 0 Å². The zero-order valence-corrected chi connectivity index (χ0v) is 12.0. The highest BCUT2D eigenvalue weighted by atomic mass is 19.1. The Morgan fingerprint density at radius 3 is 2.90 bits per heavy atom. The van der Waals surface area contributed by atoms with Gasteiger partial charge in [-0.3, -0.25) is 9.48 Å². The van der Waals surface area contributed by atoms with Gasteiger partial charge in [-0.1, -0.05) is 12.1 Å². The maximum Gasteiger partial charge on any atom is 0.223 e. The third-order valence-corrected chi connectivity index (χ3v) is 3.43. The van der Waals surface area contributed by atoms with E-state index >= 15 is 0 Å². The molecule has 1 aromatic heterocycles. The minimum atomic E-state index is -1.02. The molecule has 2 N–H and O–H groups in total. The van der Waals surface area contributed by atoms with Crippen molar-refractivity contribution >= 4 is 5.91 Å². The number of amides is 1. The predicted octanol–water partition coefficient (Wildman–Crippen LogP) is 1.61. The van der Waals surface area contributed by atoms with Crippen molar-refractivity contribution in [1.82, 2.24) is 15.1 Å². The summed E-state index contributed by atoms with van der Waals surface area (Å²) in [6.45, 7) is 2.27. The third kappa shape index (κ3) is 3.88. The summed E-state index contributed by atoms with van der Waals surface area (Å²) in [6, 6.07) is 5.61. The van der Waals surface area contributed by atoms with Crippen LogP contribution >= 0.6 is 0 Å². The summed E-state index contributed by atoms with van der Waals surface area (Å²) in [7, 11) is 1.83. The number of hydrogen-bond acceptors (Lipinski definition) is 3. The molecule has 1 heterocycles. The molecule has 2 aromatic rings. The van der Waals surface area contributed by atoms with Crippen LogP contribution in [0.25, 0.3) is 0 Å². The number of carbonyl (C=O) groups is 1. The molecule has 1 unspecified atom stereocenters. The quantitative estimate of drug-likeness (QED) is 0.879. The lowest BCUT2D eigenvalue weighted by Gasteiger charge is -2.11. The fraction of sp³-hybridized carbons (Fsp3) is 0.333. The molecule has 0 aliphatic carbocycles. The van der Waals surface area contributed by atoms with Gasteiger partial charge in [-0.25, -0.2) is 4.39 Å². The fourth-order valence-electron chi connectivity index (χ4n) is 1.99. The van der Waals surface area contributed by atoms with E-state index in [4.69, 9.17) is 0 Å². The monoisotopic (exact) mass is 291 g/mol. The van der Waals surface area contributed by atoms with E-state index in [9.17, 15) is 14.3 Å². The SMILES string of the molecule is Cc1c(CNC(=O)CC(O)c2cccc(F)c2)cnn1C. The second-order valence-electron chi connectivity index (χ2n) is 4.93. The Morgan fingerprint density at radius 2 is 2.29 bits per heavy atom. The summed E-state index contributed by atoms with van der Waals surface area (Å²) in [5, 5.41) is 16.7. The number of rotatable bonds is 5. The van der Waals surface area contributed by atoms with Crippen LogP contribution in [0.15, 0.2) is 30.5 Å². The van der Waals surface area contributed by atoms with E-state index in [1.807, 2.05) is 14.0 Å². The summed E-state index contributed by atoms with van der Waals surface area (Å²) >= 11 is 0. The maximum atomic E-state index is 13.1. The molecule has 2 rings (SSSR count). The van der Waals surface area contributed by atoms with Crippen LogP contribution in [0.5, 0.6) is 0 Å². The van der Waals surface area contributed by atoms with E-state index in [0.29, 0.717) is 12.1 Å². The van der Waals surface area contributed by atoms with Crippen molar-refractivity contribution in [3.8, 4) is 0 Å². The number of benzene rings is 1. The summed E-state index contributed by atoms with van der Waals surface area (Å²) < 4.78 is 14.8. The van der Waals surface area contributed by atoms with Crippen LogP contribution in [0.3, 0.4) is 0 Å². The second-order valence-corrected chi connectivity index (χ2v) is 4.93. The highest BCUT2D eigenvalue weighted by molar-refractivity contribution is 5.76. The Balaban J connectivity index is 1.88. The van der Waals surface area contributed by atoms with Gasteiger partial charge in [0.05, 0.1) is 18.7 Å². The van der Waals surface area contributed by atoms with Crippen LogP contribution in [-0.4, -0.2) is 20.8 Å². The molecule has 5 nitrogen and oxygen atoms in total. The van der Waals surface area contributed by atoms with Gasteiger partial charge < -0.3 is 10.4 Å². The number of carbonyl (C=O) groups excluding carboxylic acids is 1. The molecule has 112 valence electrons. The van der Waals surface area contributed by atoms with Crippen LogP contribution in [0.1, 0.15) is 29.3 Å². The number of nitrogens with one attached hydrogen (secondary N) is 1. The third-order valence-electron chi connectivity index (χ3n) is 3.43. The Labute approximate surface area is 122 Å². The summed E-state index contributed by atoms with van der Waals surface area (Å²) in [4.78, 5) is 11.8. The highest BCUT2D eigenvalue weighted by Crippen LogP contribution is 2.17. The topological polar surface area (TPSA) is 67.2 Å². The molecule has 0 aliphatic rings. The number of aromatic nitrogens is 2. The number of aryl methyl sites for hydroxylation is 1. The molecule has 0 fully saturated rings. The average Bonchev–Trinajstić information content (AvgIpc) is 2.76. The minimum Gasteiger partial charge on any atom is -0.388 e. The number of halogens is 1. The zero-order valence-electron chi connectivity index (χ0n) is 12.0. The molecule has 0 saturated carbocycles. The molecule has 21 heavy (non-hydrogen) atoms. The highest BCUT2D eigenvalue weighted by Gasteiger charge is 2.14. The van der Waals surface area contributed by atoms with Gasteiger partial charge in [-0.05, 0) is 24.6 Å². The van der Waals surface area contributed by atoms with Crippen molar-refractivity contribution in [3.63, 3.8) is 0 Å². The van der Waals surface area contributed by atoms with E-state index < -0.39 is 11.9 Å². The number of aliphatic hydroxyl groups is 1. The lowest BCUT2D eigenvalue weighted by molar-refractivity contribution is -0.123. The van der Waals surface area contributed by atoms with Gasteiger partial charge >= 0.3 is 0 Å². The van der Waals surface area contributed by atoms with Crippen LogP contribution in [-0.2, 0) is 18.4 Å². The number of nitrogens with zero attached hydrogens (tertiary/aromatic N) is 2. The van der Waals surface area contributed by atoms with E-state index in [1.165, 1.54) is 18.2 Å². The largest absolute Gasteiger partial charge is 0.388 e. The van der Waals surface area contributed by atoms with Crippen LogP contribution < -0.4 is 5.32 Å². The van der Waals surface area contributed by atoms with Gasteiger partial charge in [0, 0.05) is 24.8 Å². The predicted molar refractivity (Wildman–Crippen MR) is 75.8 cm³/mol. The first-order chi connectivity index (χ1) is 9.97. The normalized spacial score (nSPS) is 12.2. The first kappa shape index (κ1) is 15.2. The average molecular weight is 291 g/mol. The maximum absolute atomic E-state index is 13.1. The Kier molecular flexibility index (Phi) is 4.70. The van der Waals surface area contributed by atoms with E-state index in [0.717, 1.165) is 11.3 Å². The molecule has 0 saturated heterocycles. The van der Waals surface area contributed by atoms with E-state index in [1.54, 1.807) is 16.9 Å². The van der Waals surface area contributed by atoms with Crippen LogP contribution in [0.4, 0.5) is 4.39 Å². The van der Waals surface area contributed by atoms with Crippen molar-refractivity contribution in [2.45, 2.75) is 26.0 Å².